The Kier molecular flexibility index (Phi) is 4.97. The number of rotatable bonds is 3. The summed E-state index contributed by atoms with van der Waals surface area (Å²) in [5.74, 6) is 0.0233. The number of aliphatic hydroxyl groups is 1. The van der Waals surface area contributed by atoms with Gasteiger partial charge < -0.3 is 14.7 Å². The summed E-state index contributed by atoms with van der Waals surface area (Å²) in [5.41, 5.74) is 0.0657. The summed E-state index contributed by atoms with van der Waals surface area (Å²) in [6.07, 6.45) is 4.32. The van der Waals surface area contributed by atoms with E-state index >= 15 is 0 Å². The van der Waals surface area contributed by atoms with Gasteiger partial charge in [0.1, 0.15) is 0 Å². The van der Waals surface area contributed by atoms with Gasteiger partial charge in [-0.25, -0.2) is 4.98 Å². The van der Waals surface area contributed by atoms with Gasteiger partial charge in [0.15, 0.2) is 0 Å². The number of carbonyl (C=O) groups is 1. The minimum atomic E-state index is -0.478. The first kappa shape index (κ1) is 18.1. The summed E-state index contributed by atoms with van der Waals surface area (Å²) in [4.78, 5) is 31.2. The SMILES string of the molecule is O=C(CCn1cnc2ccccc2c1=O)N1CCC2(CC1)OCCC[C@@H]2O. The highest BCUT2D eigenvalue weighted by atomic mass is 16.5. The number of aryl methyl sites for hydroxylation is 1. The van der Waals surface area contributed by atoms with Gasteiger partial charge in [-0.1, -0.05) is 12.1 Å². The van der Waals surface area contributed by atoms with E-state index in [1.54, 1.807) is 12.1 Å². The molecule has 144 valence electrons. The second kappa shape index (κ2) is 7.40. The molecule has 0 saturated carbocycles. The number of hydrogen-bond acceptors (Lipinski definition) is 5. The molecule has 1 aromatic carbocycles. The van der Waals surface area contributed by atoms with Crippen LogP contribution in [-0.4, -0.2) is 56.9 Å². The van der Waals surface area contributed by atoms with Crippen LogP contribution in [0.5, 0.6) is 0 Å². The minimum Gasteiger partial charge on any atom is -0.390 e. The first-order chi connectivity index (χ1) is 13.1. The van der Waals surface area contributed by atoms with Crippen LogP contribution in [0, 0.1) is 0 Å². The number of carbonyl (C=O) groups excluding carboxylic acids is 1. The average molecular weight is 371 g/mol. The molecule has 2 aliphatic rings. The Morgan fingerprint density at radius 2 is 2.07 bits per heavy atom. The van der Waals surface area contributed by atoms with Crippen LogP contribution in [0.1, 0.15) is 32.1 Å². The first-order valence-corrected chi connectivity index (χ1v) is 9.63. The Labute approximate surface area is 157 Å². The van der Waals surface area contributed by atoms with E-state index in [0.29, 0.717) is 50.0 Å². The van der Waals surface area contributed by atoms with Crippen LogP contribution in [-0.2, 0) is 16.1 Å². The highest BCUT2D eigenvalue weighted by Crippen LogP contribution is 2.35. The molecule has 1 spiro atoms. The lowest BCUT2D eigenvalue weighted by Crippen LogP contribution is -2.56. The highest BCUT2D eigenvalue weighted by Gasteiger charge is 2.44. The van der Waals surface area contributed by atoms with E-state index in [4.69, 9.17) is 4.74 Å². The molecule has 1 amide bonds. The lowest BCUT2D eigenvalue weighted by molar-refractivity contribution is -0.179. The average Bonchev–Trinajstić information content (AvgIpc) is 2.70. The van der Waals surface area contributed by atoms with Gasteiger partial charge in [0.25, 0.3) is 5.56 Å². The molecular weight excluding hydrogens is 346 g/mol. The summed E-state index contributed by atoms with van der Waals surface area (Å²) < 4.78 is 7.39. The minimum absolute atomic E-state index is 0.0233. The zero-order valence-corrected chi connectivity index (χ0v) is 15.3. The van der Waals surface area contributed by atoms with Gasteiger partial charge in [0.2, 0.25) is 5.91 Å². The zero-order chi connectivity index (χ0) is 18.9. The summed E-state index contributed by atoms with van der Waals surface area (Å²) in [6.45, 7) is 2.17. The van der Waals surface area contributed by atoms with Crippen molar-refractivity contribution in [3.05, 3.63) is 40.9 Å². The molecule has 1 N–H and O–H groups in total. The van der Waals surface area contributed by atoms with Crippen LogP contribution >= 0.6 is 0 Å². The maximum atomic E-state index is 12.6. The van der Waals surface area contributed by atoms with Crippen molar-refractivity contribution in [2.45, 2.75) is 50.4 Å². The molecule has 0 bridgehead atoms. The molecule has 7 heteroatoms. The second-order valence-electron chi connectivity index (χ2n) is 7.46. The van der Waals surface area contributed by atoms with Crippen molar-refractivity contribution in [2.75, 3.05) is 19.7 Å². The number of nitrogens with zero attached hydrogens (tertiary/aromatic N) is 3. The number of para-hydroxylation sites is 1. The molecule has 7 nitrogen and oxygen atoms in total. The molecular formula is C20H25N3O4. The third-order valence-corrected chi connectivity index (χ3v) is 5.88. The van der Waals surface area contributed by atoms with E-state index in [1.165, 1.54) is 10.9 Å². The Morgan fingerprint density at radius 3 is 2.85 bits per heavy atom. The molecule has 0 radical (unpaired) electrons. The van der Waals surface area contributed by atoms with Gasteiger partial charge in [-0.3, -0.25) is 14.2 Å². The van der Waals surface area contributed by atoms with E-state index in [2.05, 4.69) is 4.98 Å². The highest BCUT2D eigenvalue weighted by molar-refractivity contribution is 5.77. The summed E-state index contributed by atoms with van der Waals surface area (Å²) in [7, 11) is 0. The molecule has 0 aliphatic carbocycles. The quantitative estimate of drug-likeness (QED) is 0.880. The van der Waals surface area contributed by atoms with Crippen LogP contribution in [0.2, 0.25) is 0 Å². The fourth-order valence-electron chi connectivity index (χ4n) is 4.16. The van der Waals surface area contributed by atoms with Crippen LogP contribution in [0.25, 0.3) is 10.9 Å². The van der Waals surface area contributed by atoms with E-state index in [-0.39, 0.29) is 17.9 Å². The maximum absolute atomic E-state index is 12.6. The number of fused-ring (bicyclic) bond motifs is 1. The van der Waals surface area contributed by atoms with Crippen LogP contribution in [0.4, 0.5) is 0 Å². The van der Waals surface area contributed by atoms with Crippen molar-refractivity contribution in [1.29, 1.82) is 0 Å². The van der Waals surface area contributed by atoms with Crippen molar-refractivity contribution in [2.24, 2.45) is 0 Å². The van der Waals surface area contributed by atoms with Crippen molar-refractivity contribution in [3.8, 4) is 0 Å². The zero-order valence-electron chi connectivity index (χ0n) is 15.3. The van der Waals surface area contributed by atoms with E-state index in [9.17, 15) is 14.7 Å². The van der Waals surface area contributed by atoms with Crippen molar-refractivity contribution in [1.82, 2.24) is 14.5 Å². The van der Waals surface area contributed by atoms with E-state index in [1.807, 2.05) is 17.0 Å². The lowest BCUT2D eigenvalue weighted by atomic mass is 9.82. The smallest absolute Gasteiger partial charge is 0.261 e. The van der Waals surface area contributed by atoms with Crippen LogP contribution < -0.4 is 5.56 Å². The normalized spacial score (nSPS) is 22.3. The molecule has 0 unspecified atom stereocenters. The van der Waals surface area contributed by atoms with E-state index < -0.39 is 11.7 Å². The summed E-state index contributed by atoms with van der Waals surface area (Å²) in [6, 6.07) is 7.21. The number of likely N-dealkylation sites (tertiary alicyclic amines) is 1. The maximum Gasteiger partial charge on any atom is 0.261 e. The van der Waals surface area contributed by atoms with Crippen LogP contribution in [0.3, 0.4) is 0 Å². The van der Waals surface area contributed by atoms with Gasteiger partial charge in [-0.15, -0.1) is 0 Å². The molecule has 2 fully saturated rings. The first-order valence-electron chi connectivity index (χ1n) is 9.63. The number of amides is 1. The fourth-order valence-corrected chi connectivity index (χ4v) is 4.16. The number of aromatic nitrogens is 2. The van der Waals surface area contributed by atoms with E-state index in [0.717, 1.165) is 12.8 Å². The largest absolute Gasteiger partial charge is 0.390 e. The monoisotopic (exact) mass is 371 g/mol. The third kappa shape index (κ3) is 3.49. The molecule has 2 aromatic rings. The third-order valence-electron chi connectivity index (χ3n) is 5.88. The number of benzene rings is 1. The molecule has 1 atom stereocenters. The number of piperidine rings is 1. The molecule has 27 heavy (non-hydrogen) atoms. The van der Waals surface area contributed by atoms with Crippen molar-refractivity contribution >= 4 is 16.8 Å². The fraction of sp³-hybridized carbons (Fsp3) is 0.550. The Bertz CT molecular complexity index is 886. The van der Waals surface area contributed by atoms with Gasteiger partial charge in [0.05, 0.1) is 28.9 Å². The van der Waals surface area contributed by atoms with Crippen LogP contribution in [0.15, 0.2) is 35.4 Å². The Balaban J connectivity index is 1.37. The lowest BCUT2D eigenvalue weighted by Gasteiger charge is -2.46. The Hall–Kier alpha value is -2.25. The van der Waals surface area contributed by atoms with Crippen molar-refractivity contribution in [3.63, 3.8) is 0 Å². The van der Waals surface area contributed by atoms with Gasteiger partial charge in [-0.05, 0) is 37.8 Å². The molecule has 2 aliphatic heterocycles. The molecule has 4 rings (SSSR count). The summed E-state index contributed by atoms with van der Waals surface area (Å²) >= 11 is 0. The Morgan fingerprint density at radius 1 is 1.30 bits per heavy atom. The number of ether oxygens (including phenoxy) is 1. The number of hydrogen-bond donors (Lipinski definition) is 1. The molecule has 3 heterocycles. The second-order valence-corrected chi connectivity index (χ2v) is 7.46. The van der Waals surface area contributed by atoms with Gasteiger partial charge >= 0.3 is 0 Å². The molecule has 2 saturated heterocycles. The standard InChI is InChI=1S/C20H25N3O4/c24-17-6-3-13-27-20(17)8-11-22(12-9-20)18(25)7-10-23-14-21-16-5-2-1-4-15(16)19(23)26/h1-2,4-5,14,17,24H,3,6-13H2/t17-/m0/s1. The summed E-state index contributed by atoms with van der Waals surface area (Å²) in [5, 5.41) is 10.9. The van der Waals surface area contributed by atoms with Gasteiger partial charge in [0, 0.05) is 32.7 Å². The van der Waals surface area contributed by atoms with Crippen molar-refractivity contribution < 1.29 is 14.6 Å². The molecule has 1 aromatic heterocycles. The topological polar surface area (TPSA) is 84.7 Å². The number of aliphatic hydroxyl groups excluding tert-OH is 1. The predicted molar refractivity (Wildman–Crippen MR) is 100 cm³/mol. The van der Waals surface area contributed by atoms with Gasteiger partial charge in [-0.2, -0.15) is 0 Å². The predicted octanol–water partition coefficient (Wildman–Crippen LogP) is 1.32.